The van der Waals surface area contributed by atoms with Gasteiger partial charge in [-0.15, -0.1) is 0 Å². The highest BCUT2D eigenvalue weighted by Crippen LogP contribution is 2.15. The van der Waals surface area contributed by atoms with Crippen molar-refractivity contribution in [1.82, 2.24) is 9.80 Å². The van der Waals surface area contributed by atoms with Crippen molar-refractivity contribution in [2.24, 2.45) is 0 Å². The summed E-state index contributed by atoms with van der Waals surface area (Å²) in [4.78, 5) is 28.2. The highest BCUT2D eigenvalue weighted by Gasteiger charge is 2.21. The van der Waals surface area contributed by atoms with Gasteiger partial charge in [0.05, 0.1) is 6.61 Å². The molecule has 0 saturated carbocycles. The monoisotopic (exact) mass is 400 g/mol. The zero-order valence-corrected chi connectivity index (χ0v) is 16.8. The lowest BCUT2D eigenvalue weighted by atomic mass is 10.1. The maximum atomic E-state index is 12.5. The van der Waals surface area contributed by atoms with Crippen LogP contribution in [0.3, 0.4) is 0 Å². The molecule has 2 aromatic rings. The fraction of sp³-hybridized carbons (Fsp3) is 0.364. The van der Waals surface area contributed by atoms with Crippen LogP contribution in [-0.4, -0.2) is 60.8 Å². The van der Waals surface area contributed by atoms with Gasteiger partial charge in [0, 0.05) is 48.9 Å². The second-order valence-corrected chi connectivity index (χ2v) is 7.36. The minimum absolute atomic E-state index is 0.0384. The zero-order chi connectivity index (χ0) is 19.9. The summed E-state index contributed by atoms with van der Waals surface area (Å²) < 4.78 is 5.76. The lowest BCUT2D eigenvalue weighted by Crippen LogP contribution is -2.49. The third kappa shape index (κ3) is 5.57. The molecule has 0 atom stereocenters. The SMILES string of the molecule is CC(=O)c1cccc(OCCCN2CCN(C(=O)c3ccc(Cl)cc3)CC2)c1. The Kier molecular flexibility index (Phi) is 7.06. The average molecular weight is 401 g/mol. The predicted octanol–water partition coefficient (Wildman–Crippen LogP) is 3.77. The number of hydrogen-bond donors (Lipinski definition) is 0. The van der Waals surface area contributed by atoms with Crippen molar-refractivity contribution in [2.45, 2.75) is 13.3 Å². The molecule has 28 heavy (non-hydrogen) atoms. The lowest BCUT2D eigenvalue weighted by Gasteiger charge is -2.34. The summed E-state index contributed by atoms with van der Waals surface area (Å²) >= 11 is 5.89. The van der Waals surface area contributed by atoms with E-state index in [-0.39, 0.29) is 11.7 Å². The van der Waals surface area contributed by atoms with Crippen LogP contribution in [-0.2, 0) is 0 Å². The first-order valence-corrected chi connectivity index (χ1v) is 9.92. The predicted molar refractivity (Wildman–Crippen MR) is 110 cm³/mol. The smallest absolute Gasteiger partial charge is 0.253 e. The largest absolute Gasteiger partial charge is 0.494 e. The summed E-state index contributed by atoms with van der Waals surface area (Å²) in [5, 5.41) is 0.636. The van der Waals surface area contributed by atoms with Gasteiger partial charge in [0.15, 0.2) is 5.78 Å². The van der Waals surface area contributed by atoms with Crippen molar-refractivity contribution in [1.29, 1.82) is 0 Å². The quantitative estimate of drug-likeness (QED) is 0.524. The standard InChI is InChI=1S/C22H25ClN2O3/c1-17(26)19-4-2-5-21(16-19)28-15-3-10-24-11-13-25(14-12-24)22(27)18-6-8-20(23)9-7-18/h2,4-9,16H,3,10-15H2,1H3. The molecule has 1 aliphatic heterocycles. The number of ether oxygens (including phenoxy) is 1. The zero-order valence-electron chi connectivity index (χ0n) is 16.1. The molecule has 1 fully saturated rings. The fourth-order valence-corrected chi connectivity index (χ4v) is 3.36. The molecule has 2 aromatic carbocycles. The summed E-state index contributed by atoms with van der Waals surface area (Å²) in [6, 6.07) is 14.3. The summed E-state index contributed by atoms with van der Waals surface area (Å²) in [5.41, 5.74) is 1.35. The van der Waals surface area contributed by atoms with Crippen LogP contribution >= 0.6 is 11.6 Å². The molecule has 1 saturated heterocycles. The maximum absolute atomic E-state index is 12.5. The fourth-order valence-electron chi connectivity index (χ4n) is 3.23. The number of rotatable bonds is 7. The third-order valence-corrected chi connectivity index (χ3v) is 5.13. The van der Waals surface area contributed by atoms with Gasteiger partial charge < -0.3 is 9.64 Å². The van der Waals surface area contributed by atoms with E-state index in [0.717, 1.165) is 44.9 Å². The number of Topliss-reactive ketones (excluding diaryl/α,β-unsaturated/α-hetero) is 1. The van der Waals surface area contributed by atoms with E-state index < -0.39 is 0 Å². The van der Waals surface area contributed by atoms with Gasteiger partial charge >= 0.3 is 0 Å². The third-order valence-electron chi connectivity index (χ3n) is 4.88. The molecular formula is C22H25ClN2O3. The maximum Gasteiger partial charge on any atom is 0.253 e. The number of hydrogen-bond acceptors (Lipinski definition) is 4. The minimum atomic E-state index is 0.0384. The topological polar surface area (TPSA) is 49.9 Å². The Hall–Kier alpha value is -2.37. The number of ketones is 1. The van der Waals surface area contributed by atoms with Crippen molar-refractivity contribution in [2.75, 3.05) is 39.3 Å². The molecule has 6 heteroatoms. The van der Waals surface area contributed by atoms with E-state index >= 15 is 0 Å². The first kappa shape index (κ1) is 20.4. The van der Waals surface area contributed by atoms with Gasteiger partial charge in [-0.05, 0) is 49.7 Å². The molecule has 0 aliphatic carbocycles. The van der Waals surface area contributed by atoms with Gasteiger partial charge in [0.25, 0.3) is 5.91 Å². The van der Waals surface area contributed by atoms with E-state index in [1.54, 1.807) is 43.3 Å². The molecule has 1 amide bonds. The summed E-state index contributed by atoms with van der Waals surface area (Å²) in [7, 11) is 0. The minimum Gasteiger partial charge on any atom is -0.494 e. The molecule has 0 aromatic heterocycles. The Bertz CT molecular complexity index is 815. The summed E-state index contributed by atoms with van der Waals surface area (Å²) in [5.74, 6) is 0.826. The van der Waals surface area contributed by atoms with E-state index in [4.69, 9.17) is 16.3 Å². The molecule has 148 valence electrons. The molecule has 1 heterocycles. The normalized spacial score (nSPS) is 14.7. The first-order chi connectivity index (χ1) is 13.5. The molecule has 0 bridgehead atoms. The van der Waals surface area contributed by atoms with Crippen LogP contribution in [0.1, 0.15) is 34.1 Å². The summed E-state index contributed by atoms with van der Waals surface area (Å²) in [6.45, 7) is 6.25. The van der Waals surface area contributed by atoms with E-state index in [1.807, 2.05) is 17.0 Å². The highest BCUT2D eigenvalue weighted by atomic mass is 35.5. The first-order valence-electron chi connectivity index (χ1n) is 9.54. The van der Waals surface area contributed by atoms with Crippen LogP contribution in [0.5, 0.6) is 5.75 Å². The molecule has 0 N–H and O–H groups in total. The van der Waals surface area contributed by atoms with E-state index in [2.05, 4.69) is 4.90 Å². The Labute approximate surface area is 170 Å². The Morgan fingerprint density at radius 1 is 1.00 bits per heavy atom. The van der Waals surface area contributed by atoms with Gasteiger partial charge in [-0.3, -0.25) is 14.5 Å². The highest BCUT2D eigenvalue weighted by molar-refractivity contribution is 6.30. The Morgan fingerprint density at radius 3 is 2.39 bits per heavy atom. The molecule has 0 spiro atoms. The summed E-state index contributed by atoms with van der Waals surface area (Å²) in [6.07, 6.45) is 0.898. The Morgan fingerprint density at radius 2 is 1.71 bits per heavy atom. The number of nitrogens with zero attached hydrogens (tertiary/aromatic N) is 2. The van der Waals surface area contributed by atoms with E-state index in [0.29, 0.717) is 22.8 Å². The number of piperazine rings is 1. The number of halogens is 1. The number of carbonyl (C=O) groups excluding carboxylic acids is 2. The van der Waals surface area contributed by atoms with Crippen molar-refractivity contribution in [3.63, 3.8) is 0 Å². The molecule has 0 radical (unpaired) electrons. The van der Waals surface area contributed by atoms with Crippen LogP contribution < -0.4 is 4.74 Å². The van der Waals surface area contributed by atoms with Crippen LogP contribution in [0.2, 0.25) is 5.02 Å². The van der Waals surface area contributed by atoms with E-state index in [9.17, 15) is 9.59 Å². The van der Waals surface area contributed by atoms with Gasteiger partial charge in [-0.25, -0.2) is 0 Å². The van der Waals surface area contributed by atoms with Gasteiger partial charge in [0.2, 0.25) is 0 Å². The van der Waals surface area contributed by atoms with Crippen molar-refractivity contribution in [3.05, 3.63) is 64.7 Å². The number of carbonyl (C=O) groups is 2. The van der Waals surface area contributed by atoms with Crippen LogP contribution in [0.4, 0.5) is 0 Å². The van der Waals surface area contributed by atoms with Crippen LogP contribution in [0, 0.1) is 0 Å². The second kappa shape index (κ2) is 9.71. The second-order valence-electron chi connectivity index (χ2n) is 6.93. The molecule has 3 rings (SSSR count). The van der Waals surface area contributed by atoms with Crippen molar-refractivity contribution in [3.8, 4) is 5.75 Å². The molecule has 5 nitrogen and oxygen atoms in total. The average Bonchev–Trinajstić information content (AvgIpc) is 2.72. The van der Waals surface area contributed by atoms with Crippen molar-refractivity contribution >= 4 is 23.3 Å². The van der Waals surface area contributed by atoms with Crippen LogP contribution in [0.25, 0.3) is 0 Å². The van der Waals surface area contributed by atoms with Gasteiger partial charge in [-0.2, -0.15) is 0 Å². The van der Waals surface area contributed by atoms with Crippen molar-refractivity contribution < 1.29 is 14.3 Å². The molecule has 0 unspecified atom stereocenters. The molecule has 1 aliphatic rings. The molecular weight excluding hydrogens is 376 g/mol. The van der Waals surface area contributed by atoms with Gasteiger partial charge in [0.1, 0.15) is 5.75 Å². The van der Waals surface area contributed by atoms with Crippen LogP contribution in [0.15, 0.2) is 48.5 Å². The van der Waals surface area contributed by atoms with E-state index in [1.165, 1.54) is 0 Å². The van der Waals surface area contributed by atoms with Gasteiger partial charge in [-0.1, -0.05) is 23.7 Å². The lowest BCUT2D eigenvalue weighted by molar-refractivity contribution is 0.0630. The number of benzene rings is 2. The Balaban J connectivity index is 1.38. The number of amides is 1.